The smallest absolute Gasteiger partial charge is 0.248 e. The highest BCUT2D eigenvalue weighted by molar-refractivity contribution is 5.77. The zero-order valence-corrected chi connectivity index (χ0v) is 12.2. The molecule has 0 unspecified atom stereocenters. The normalized spacial score (nSPS) is 19.5. The molecule has 2 fully saturated rings. The maximum absolute atomic E-state index is 12.0. The third-order valence-corrected chi connectivity index (χ3v) is 4.05. The highest BCUT2D eigenvalue weighted by Gasteiger charge is 2.25. The number of hydrogen-bond acceptors (Lipinski definition) is 5. The van der Waals surface area contributed by atoms with Crippen molar-refractivity contribution in [3.8, 4) is 0 Å². The van der Waals surface area contributed by atoms with Gasteiger partial charge in [-0.2, -0.15) is 5.10 Å². The number of rotatable bonds is 6. The first-order chi connectivity index (χ1) is 10.3. The van der Waals surface area contributed by atoms with Gasteiger partial charge in [0.1, 0.15) is 12.4 Å². The first-order valence-electron chi connectivity index (χ1n) is 7.71. The first-order valence-corrected chi connectivity index (χ1v) is 7.71. The molecule has 0 bridgehead atoms. The number of nitrogens with one attached hydrogen (secondary N) is 1. The Labute approximate surface area is 124 Å². The van der Waals surface area contributed by atoms with Gasteiger partial charge in [0.25, 0.3) is 0 Å². The standard InChI is InChI=1S/C15H22N4O2/c20-15(11-21-10-12-3-4-12)19-8-5-13(6-9-19)17-14-2-1-7-16-18-14/h1-2,7,12-13H,3-6,8-11H2,(H,17,18). The molecule has 21 heavy (non-hydrogen) atoms. The minimum Gasteiger partial charge on any atom is -0.371 e. The number of likely N-dealkylation sites (tertiary alicyclic amines) is 1. The van der Waals surface area contributed by atoms with Gasteiger partial charge in [0.15, 0.2) is 0 Å². The summed E-state index contributed by atoms with van der Waals surface area (Å²) in [7, 11) is 0. The van der Waals surface area contributed by atoms with E-state index in [-0.39, 0.29) is 12.5 Å². The Morgan fingerprint density at radius 2 is 2.14 bits per heavy atom. The molecule has 2 aliphatic rings. The van der Waals surface area contributed by atoms with E-state index in [0.29, 0.717) is 12.0 Å². The number of nitrogens with zero attached hydrogens (tertiary/aromatic N) is 3. The molecule has 1 saturated heterocycles. The average molecular weight is 290 g/mol. The fourth-order valence-corrected chi connectivity index (χ4v) is 2.55. The maximum atomic E-state index is 12.0. The van der Waals surface area contributed by atoms with E-state index >= 15 is 0 Å². The molecule has 0 atom stereocenters. The van der Waals surface area contributed by atoms with Crippen molar-refractivity contribution >= 4 is 11.7 Å². The number of aromatic nitrogens is 2. The third kappa shape index (κ3) is 4.39. The van der Waals surface area contributed by atoms with Crippen LogP contribution in [0.1, 0.15) is 25.7 Å². The summed E-state index contributed by atoms with van der Waals surface area (Å²) in [5, 5.41) is 11.2. The SMILES string of the molecule is O=C(COCC1CC1)N1CCC(Nc2cccnn2)CC1. The van der Waals surface area contributed by atoms with Crippen molar-refractivity contribution < 1.29 is 9.53 Å². The van der Waals surface area contributed by atoms with Crippen LogP contribution in [0.4, 0.5) is 5.82 Å². The molecule has 1 aromatic rings. The number of anilines is 1. The topological polar surface area (TPSA) is 67.3 Å². The van der Waals surface area contributed by atoms with E-state index in [4.69, 9.17) is 4.74 Å². The molecular formula is C15H22N4O2. The molecule has 1 aliphatic heterocycles. The van der Waals surface area contributed by atoms with Crippen molar-refractivity contribution in [1.29, 1.82) is 0 Å². The van der Waals surface area contributed by atoms with E-state index in [0.717, 1.165) is 38.4 Å². The van der Waals surface area contributed by atoms with Gasteiger partial charge in [0.05, 0.1) is 6.61 Å². The Hall–Kier alpha value is -1.69. The summed E-state index contributed by atoms with van der Waals surface area (Å²) >= 11 is 0. The van der Waals surface area contributed by atoms with Gasteiger partial charge >= 0.3 is 0 Å². The molecule has 2 heterocycles. The second kappa shape index (κ2) is 6.85. The monoisotopic (exact) mass is 290 g/mol. The van der Waals surface area contributed by atoms with Crippen LogP contribution in [0.2, 0.25) is 0 Å². The van der Waals surface area contributed by atoms with Crippen molar-refractivity contribution in [1.82, 2.24) is 15.1 Å². The fraction of sp³-hybridized carbons (Fsp3) is 0.667. The zero-order chi connectivity index (χ0) is 14.5. The fourth-order valence-electron chi connectivity index (χ4n) is 2.55. The van der Waals surface area contributed by atoms with Crippen LogP contribution in [0.25, 0.3) is 0 Å². The molecule has 1 aromatic heterocycles. The van der Waals surface area contributed by atoms with Crippen molar-refractivity contribution in [3.05, 3.63) is 18.3 Å². The van der Waals surface area contributed by atoms with Crippen molar-refractivity contribution in [2.24, 2.45) is 5.92 Å². The summed E-state index contributed by atoms with van der Waals surface area (Å²) in [6.07, 6.45) is 6.05. The molecule has 114 valence electrons. The lowest BCUT2D eigenvalue weighted by Gasteiger charge is -2.32. The summed E-state index contributed by atoms with van der Waals surface area (Å²) in [6.45, 7) is 2.54. The molecule has 6 nitrogen and oxygen atoms in total. The van der Waals surface area contributed by atoms with Crippen LogP contribution in [0.3, 0.4) is 0 Å². The van der Waals surface area contributed by atoms with E-state index in [1.54, 1.807) is 6.20 Å². The number of amides is 1. The molecule has 3 rings (SSSR count). The minimum atomic E-state index is 0.119. The molecule has 6 heteroatoms. The van der Waals surface area contributed by atoms with E-state index in [2.05, 4.69) is 15.5 Å². The Morgan fingerprint density at radius 3 is 2.81 bits per heavy atom. The summed E-state index contributed by atoms with van der Waals surface area (Å²) in [6, 6.07) is 4.14. The average Bonchev–Trinajstić information content (AvgIpc) is 3.33. The van der Waals surface area contributed by atoms with Gasteiger partial charge in [-0.1, -0.05) is 0 Å². The third-order valence-electron chi connectivity index (χ3n) is 4.05. The van der Waals surface area contributed by atoms with Crippen LogP contribution < -0.4 is 5.32 Å². The maximum Gasteiger partial charge on any atom is 0.248 e. The second-order valence-electron chi connectivity index (χ2n) is 5.87. The predicted octanol–water partition coefficient (Wildman–Crippen LogP) is 1.31. The second-order valence-corrected chi connectivity index (χ2v) is 5.87. The lowest BCUT2D eigenvalue weighted by molar-refractivity contribution is -0.137. The molecule has 0 radical (unpaired) electrons. The van der Waals surface area contributed by atoms with Crippen LogP contribution in [-0.4, -0.2) is 53.3 Å². The molecule has 1 amide bonds. The lowest BCUT2D eigenvalue weighted by atomic mass is 10.1. The number of piperidine rings is 1. The van der Waals surface area contributed by atoms with E-state index < -0.39 is 0 Å². The molecule has 1 aliphatic carbocycles. The van der Waals surface area contributed by atoms with Gasteiger partial charge in [-0.05, 0) is 43.7 Å². The Balaban J connectivity index is 1.36. The van der Waals surface area contributed by atoms with Gasteiger partial charge in [0.2, 0.25) is 5.91 Å². The summed E-state index contributed by atoms with van der Waals surface area (Å²) in [5.74, 6) is 1.63. The summed E-state index contributed by atoms with van der Waals surface area (Å²) in [4.78, 5) is 13.9. The van der Waals surface area contributed by atoms with Crippen LogP contribution in [0.5, 0.6) is 0 Å². The molecule has 1 saturated carbocycles. The molecule has 0 aromatic carbocycles. The van der Waals surface area contributed by atoms with Gasteiger partial charge in [-0.25, -0.2) is 0 Å². The Bertz CT molecular complexity index is 456. The van der Waals surface area contributed by atoms with Crippen LogP contribution in [0.15, 0.2) is 18.3 Å². The lowest BCUT2D eigenvalue weighted by Crippen LogP contribution is -2.44. The van der Waals surface area contributed by atoms with Crippen LogP contribution >= 0.6 is 0 Å². The number of ether oxygens (including phenoxy) is 1. The quantitative estimate of drug-likeness (QED) is 0.855. The predicted molar refractivity (Wildman–Crippen MR) is 78.8 cm³/mol. The molecule has 0 spiro atoms. The largest absolute Gasteiger partial charge is 0.371 e. The number of carbonyl (C=O) groups is 1. The van der Waals surface area contributed by atoms with Crippen molar-refractivity contribution in [2.45, 2.75) is 31.7 Å². The van der Waals surface area contributed by atoms with Gasteiger partial charge in [-0.15, -0.1) is 5.10 Å². The van der Waals surface area contributed by atoms with Crippen molar-refractivity contribution in [2.75, 3.05) is 31.6 Å². The van der Waals surface area contributed by atoms with Crippen molar-refractivity contribution in [3.63, 3.8) is 0 Å². The summed E-state index contributed by atoms with van der Waals surface area (Å²) in [5.41, 5.74) is 0. The van der Waals surface area contributed by atoms with Gasteiger partial charge in [-0.3, -0.25) is 4.79 Å². The zero-order valence-electron chi connectivity index (χ0n) is 12.2. The van der Waals surface area contributed by atoms with E-state index in [1.165, 1.54) is 12.8 Å². The number of hydrogen-bond donors (Lipinski definition) is 1. The van der Waals surface area contributed by atoms with Crippen LogP contribution in [0, 0.1) is 5.92 Å². The highest BCUT2D eigenvalue weighted by atomic mass is 16.5. The van der Waals surface area contributed by atoms with Gasteiger partial charge < -0.3 is 15.0 Å². The van der Waals surface area contributed by atoms with E-state index in [9.17, 15) is 4.79 Å². The number of carbonyl (C=O) groups excluding carboxylic acids is 1. The van der Waals surface area contributed by atoms with Gasteiger partial charge in [0, 0.05) is 25.3 Å². The first kappa shape index (κ1) is 14.3. The summed E-state index contributed by atoms with van der Waals surface area (Å²) < 4.78 is 5.47. The van der Waals surface area contributed by atoms with E-state index in [1.807, 2.05) is 17.0 Å². The minimum absolute atomic E-state index is 0.119. The van der Waals surface area contributed by atoms with Crippen LogP contribution in [-0.2, 0) is 9.53 Å². The Kier molecular flexibility index (Phi) is 4.65. The molecule has 1 N–H and O–H groups in total. The highest BCUT2D eigenvalue weighted by Crippen LogP contribution is 2.28. The molecular weight excluding hydrogens is 268 g/mol. The Morgan fingerprint density at radius 1 is 1.33 bits per heavy atom.